The number of carbonyl (C=O) groups is 1. The lowest BCUT2D eigenvalue weighted by atomic mass is 10.3. The van der Waals surface area contributed by atoms with Crippen LogP contribution in [0.15, 0.2) is 51.4 Å². The number of hydrogen-bond donors (Lipinski definition) is 0. The van der Waals surface area contributed by atoms with Gasteiger partial charge in [0.05, 0.1) is 18.7 Å². The molecule has 0 aliphatic carbocycles. The highest BCUT2D eigenvalue weighted by molar-refractivity contribution is 7.17. The second-order valence-corrected chi connectivity index (χ2v) is 6.66. The van der Waals surface area contributed by atoms with E-state index in [1.165, 1.54) is 27.9 Å². The summed E-state index contributed by atoms with van der Waals surface area (Å²) in [7, 11) is 3.17. The van der Waals surface area contributed by atoms with Gasteiger partial charge in [0, 0.05) is 19.8 Å². The Morgan fingerprint density at radius 3 is 2.58 bits per heavy atom. The molecule has 0 N–H and O–H groups in total. The molecule has 136 valence electrons. The molecule has 0 aliphatic rings. The number of methoxy groups -OCH3 is 1. The first-order valence-corrected chi connectivity index (χ1v) is 8.94. The molecule has 3 rings (SSSR count). The molecule has 8 heteroatoms. The van der Waals surface area contributed by atoms with Crippen LogP contribution in [0.3, 0.4) is 0 Å². The maximum absolute atomic E-state index is 12.8. The van der Waals surface area contributed by atoms with Crippen molar-refractivity contribution in [3.8, 4) is 0 Å². The van der Waals surface area contributed by atoms with E-state index in [9.17, 15) is 14.4 Å². The molecule has 0 saturated carbocycles. The molecule has 0 aliphatic heterocycles. The first-order valence-electron chi connectivity index (χ1n) is 8.06. The molecule has 26 heavy (non-hydrogen) atoms. The number of carbonyl (C=O) groups excluding carboxylic acids is 1. The van der Waals surface area contributed by atoms with Crippen LogP contribution in [0.25, 0.3) is 10.2 Å². The average Bonchev–Trinajstić information content (AvgIpc) is 3.15. The van der Waals surface area contributed by atoms with Crippen LogP contribution in [0.1, 0.15) is 0 Å². The Hall–Kier alpha value is -2.71. The highest BCUT2D eigenvalue weighted by Crippen LogP contribution is 2.16. The molecule has 0 fully saturated rings. The van der Waals surface area contributed by atoms with Crippen molar-refractivity contribution in [3.63, 3.8) is 0 Å². The molecule has 7 nitrogen and oxygen atoms in total. The summed E-state index contributed by atoms with van der Waals surface area (Å²) in [6.07, 6.45) is 0. The number of para-hydroxylation sites is 1. The summed E-state index contributed by atoms with van der Waals surface area (Å²) in [5.74, 6) is -0.247. The fraction of sp³-hybridized carbons (Fsp3) is 0.278. The first kappa shape index (κ1) is 18.1. The van der Waals surface area contributed by atoms with Crippen LogP contribution in [0.4, 0.5) is 5.69 Å². The third kappa shape index (κ3) is 3.33. The number of likely N-dealkylation sites (N-methyl/N-ethyl adjacent to an activating group) is 1. The topological polar surface area (TPSA) is 73.5 Å². The molecular weight excluding hydrogens is 354 g/mol. The number of hydrogen-bond acceptors (Lipinski definition) is 5. The number of benzene rings is 1. The van der Waals surface area contributed by atoms with E-state index in [1.54, 1.807) is 18.5 Å². The zero-order valence-corrected chi connectivity index (χ0v) is 15.4. The Labute approximate surface area is 153 Å². The number of rotatable bonds is 6. The lowest BCUT2D eigenvalue weighted by Gasteiger charge is -2.19. The van der Waals surface area contributed by atoms with Crippen LogP contribution >= 0.6 is 11.3 Å². The zero-order valence-electron chi connectivity index (χ0n) is 14.5. The predicted molar refractivity (Wildman–Crippen MR) is 102 cm³/mol. The Morgan fingerprint density at radius 2 is 1.88 bits per heavy atom. The predicted octanol–water partition coefficient (Wildman–Crippen LogP) is 1.53. The van der Waals surface area contributed by atoms with Crippen molar-refractivity contribution in [2.24, 2.45) is 0 Å². The largest absolute Gasteiger partial charge is 0.383 e. The number of amides is 1. The van der Waals surface area contributed by atoms with Crippen molar-refractivity contribution in [3.05, 3.63) is 62.6 Å². The third-order valence-electron chi connectivity index (χ3n) is 4.17. The van der Waals surface area contributed by atoms with Gasteiger partial charge in [0.15, 0.2) is 0 Å². The molecule has 1 amide bonds. The van der Waals surface area contributed by atoms with Crippen LogP contribution < -0.4 is 16.1 Å². The van der Waals surface area contributed by atoms with Gasteiger partial charge in [0.1, 0.15) is 11.2 Å². The maximum atomic E-state index is 12.8. The molecular formula is C18H19N3O4S. The van der Waals surface area contributed by atoms with Crippen molar-refractivity contribution in [1.29, 1.82) is 0 Å². The summed E-state index contributed by atoms with van der Waals surface area (Å²) >= 11 is 1.26. The molecule has 0 unspecified atom stereocenters. The van der Waals surface area contributed by atoms with E-state index in [0.29, 0.717) is 10.2 Å². The van der Waals surface area contributed by atoms with Gasteiger partial charge in [-0.05, 0) is 23.6 Å². The smallest absolute Gasteiger partial charge is 0.332 e. The summed E-state index contributed by atoms with van der Waals surface area (Å²) in [5.41, 5.74) is 0.359. The van der Waals surface area contributed by atoms with Crippen LogP contribution in [-0.4, -0.2) is 35.8 Å². The Morgan fingerprint density at radius 1 is 1.15 bits per heavy atom. The summed E-state index contributed by atoms with van der Waals surface area (Å²) < 4.78 is 7.92. The van der Waals surface area contributed by atoms with Gasteiger partial charge >= 0.3 is 5.69 Å². The molecule has 2 heterocycles. The number of fused-ring (bicyclic) bond motifs is 1. The van der Waals surface area contributed by atoms with E-state index in [0.717, 1.165) is 10.3 Å². The summed E-state index contributed by atoms with van der Waals surface area (Å²) in [4.78, 5) is 39.5. The van der Waals surface area contributed by atoms with Gasteiger partial charge in [0.2, 0.25) is 5.91 Å². The Bertz CT molecular complexity index is 1040. The minimum atomic E-state index is -0.507. The van der Waals surface area contributed by atoms with Crippen molar-refractivity contribution >= 4 is 33.1 Å². The van der Waals surface area contributed by atoms with Crippen molar-refractivity contribution in [2.45, 2.75) is 13.1 Å². The second kappa shape index (κ2) is 7.67. The number of anilines is 1. The molecule has 0 bridgehead atoms. The van der Waals surface area contributed by atoms with E-state index in [-0.39, 0.29) is 31.2 Å². The van der Waals surface area contributed by atoms with E-state index in [4.69, 9.17) is 4.74 Å². The molecule has 0 atom stereocenters. The molecule has 0 radical (unpaired) electrons. The van der Waals surface area contributed by atoms with Gasteiger partial charge in [-0.1, -0.05) is 18.2 Å². The van der Waals surface area contributed by atoms with Crippen molar-refractivity contribution in [1.82, 2.24) is 9.13 Å². The van der Waals surface area contributed by atoms with Crippen LogP contribution in [0.5, 0.6) is 0 Å². The fourth-order valence-corrected chi connectivity index (χ4v) is 3.55. The molecule has 0 spiro atoms. The second-order valence-electron chi connectivity index (χ2n) is 5.74. The van der Waals surface area contributed by atoms with Gasteiger partial charge in [-0.25, -0.2) is 4.79 Å². The van der Waals surface area contributed by atoms with E-state index >= 15 is 0 Å². The maximum Gasteiger partial charge on any atom is 0.332 e. The van der Waals surface area contributed by atoms with Gasteiger partial charge in [-0.2, -0.15) is 0 Å². The molecule has 1 aromatic carbocycles. The minimum Gasteiger partial charge on any atom is -0.383 e. The van der Waals surface area contributed by atoms with Crippen LogP contribution in [0.2, 0.25) is 0 Å². The van der Waals surface area contributed by atoms with Crippen LogP contribution in [-0.2, 0) is 22.6 Å². The highest BCUT2D eigenvalue weighted by Gasteiger charge is 2.18. The normalized spacial score (nSPS) is 11.0. The van der Waals surface area contributed by atoms with E-state index < -0.39 is 5.69 Å². The lowest BCUT2D eigenvalue weighted by Crippen LogP contribution is -2.43. The van der Waals surface area contributed by atoms with Gasteiger partial charge < -0.3 is 9.64 Å². The number of ether oxygens (including phenoxy) is 1. The quantitative estimate of drug-likeness (QED) is 0.657. The average molecular weight is 373 g/mol. The highest BCUT2D eigenvalue weighted by atomic mass is 32.1. The van der Waals surface area contributed by atoms with Crippen LogP contribution in [0, 0.1) is 0 Å². The summed E-state index contributed by atoms with van der Waals surface area (Å²) in [6, 6.07) is 10.9. The van der Waals surface area contributed by atoms with E-state index in [1.807, 2.05) is 30.3 Å². The molecule has 3 aromatic rings. The number of nitrogens with zero attached hydrogens (tertiary/aromatic N) is 3. The van der Waals surface area contributed by atoms with Crippen molar-refractivity contribution < 1.29 is 9.53 Å². The number of aromatic nitrogens is 2. The Kier molecular flexibility index (Phi) is 5.34. The van der Waals surface area contributed by atoms with E-state index in [2.05, 4.69) is 0 Å². The van der Waals surface area contributed by atoms with Gasteiger partial charge in [-0.15, -0.1) is 11.3 Å². The summed E-state index contributed by atoms with van der Waals surface area (Å²) in [5, 5.41) is 1.74. The first-order chi connectivity index (χ1) is 12.5. The monoisotopic (exact) mass is 373 g/mol. The lowest BCUT2D eigenvalue weighted by molar-refractivity contribution is -0.118. The fourth-order valence-electron chi connectivity index (χ4n) is 2.70. The third-order valence-corrected chi connectivity index (χ3v) is 5.06. The minimum absolute atomic E-state index is 0.144. The van der Waals surface area contributed by atoms with Gasteiger partial charge in [-0.3, -0.25) is 18.7 Å². The molecule has 2 aromatic heterocycles. The standard InChI is InChI=1S/C18H19N3O4S/c1-19(13-6-4-3-5-7-13)15(22)12-21-14-8-11-26-16(14)17(23)20(18(21)24)9-10-25-2/h3-8,11H,9-10,12H2,1-2H3. The summed E-state index contributed by atoms with van der Waals surface area (Å²) in [6.45, 7) is 0.235. The zero-order chi connectivity index (χ0) is 18.7. The van der Waals surface area contributed by atoms with Gasteiger partial charge in [0.25, 0.3) is 5.56 Å². The number of thiophene rings is 1. The SMILES string of the molecule is COCCn1c(=O)c2sccc2n(CC(=O)N(C)c2ccccc2)c1=O. The van der Waals surface area contributed by atoms with Crippen molar-refractivity contribution in [2.75, 3.05) is 25.7 Å². The Balaban J connectivity index is 2.02. The molecule has 0 saturated heterocycles.